The molecule has 3 aromatic rings. The van der Waals surface area contributed by atoms with Crippen LogP contribution < -0.4 is 4.74 Å². The minimum absolute atomic E-state index is 0.0358. The molecule has 1 aliphatic heterocycles. The normalized spacial score (nSPS) is 20.1. The summed E-state index contributed by atoms with van der Waals surface area (Å²) in [5.74, 6) is 0.0419. The van der Waals surface area contributed by atoms with Gasteiger partial charge >= 0.3 is 5.97 Å². The number of carbonyl (C=O) groups is 1. The SMILES string of the molecule is COc1ccc2nccc(C(F)CC[C@@H]3CCN(CCCc4ncco4)C[C@@H]3C(=O)O)c2c1. The fourth-order valence-electron chi connectivity index (χ4n) is 4.79. The Labute approximate surface area is 192 Å². The van der Waals surface area contributed by atoms with E-state index >= 15 is 4.39 Å². The average molecular weight is 456 g/mol. The average Bonchev–Trinajstić information content (AvgIpc) is 3.35. The van der Waals surface area contributed by atoms with Crippen molar-refractivity contribution in [1.82, 2.24) is 14.9 Å². The van der Waals surface area contributed by atoms with Crippen molar-refractivity contribution in [3.63, 3.8) is 0 Å². The molecule has 7 nitrogen and oxygen atoms in total. The molecule has 1 unspecified atom stereocenters. The smallest absolute Gasteiger partial charge is 0.308 e. The van der Waals surface area contributed by atoms with Crippen molar-refractivity contribution in [3.05, 3.63) is 54.4 Å². The molecule has 3 heterocycles. The van der Waals surface area contributed by atoms with Crippen LogP contribution in [-0.4, -0.2) is 52.7 Å². The number of carboxylic acid groups (broad SMARTS) is 1. The number of aliphatic carboxylic acids is 1. The minimum atomic E-state index is -1.18. The van der Waals surface area contributed by atoms with Gasteiger partial charge < -0.3 is 19.2 Å². The van der Waals surface area contributed by atoms with Crippen LogP contribution in [-0.2, 0) is 11.2 Å². The Morgan fingerprint density at radius 2 is 2.21 bits per heavy atom. The number of aryl methyl sites for hydroxylation is 1. The van der Waals surface area contributed by atoms with E-state index in [0.29, 0.717) is 30.2 Å². The van der Waals surface area contributed by atoms with Crippen LogP contribution >= 0.6 is 0 Å². The molecule has 1 aromatic carbocycles. The number of likely N-dealkylation sites (tertiary alicyclic amines) is 1. The van der Waals surface area contributed by atoms with Crippen LogP contribution in [0.15, 0.2) is 47.3 Å². The molecule has 0 bridgehead atoms. The zero-order valence-corrected chi connectivity index (χ0v) is 18.8. The number of aromatic nitrogens is 2. The van der Waals surface area contributed by atoms with Gasteiger partial charge in [0.15, 0.2) is 5.89 Å². The molecule has 33 heavy (non-hydrogen) atoms. The van der Waals surface area contributed by atoms with Gasteiger partial charge in [0.1, 0.15) is 18.2 Å². The summed E-state index contributed by atoms with van der Waals surface area (Å²) in [5, 5.41) is 10.6. The van der Waals surface area contributed by atoms with Crippen LogP contribution in [0.2, 0.25) is 0 Å². The summed E-state index contributed by atoms with van der Waals surface area (Å²) in [7, 11) is 1.58. The van der Waals surface area contributed by atoms with E-state index in [1.807, 2.05) is 12.1 Å². The van der Waals surface area contributed by atoms with E-state index in [1.165, 1.54) is 0 Å². The van der Waals surface area contributed by atoms with Crippen LogP contribution in [0.1, 0.15) is 43.3 Å². The van der Waals surface area contributed by atoms with Crippen molar-refractivity contribution >= 4 is 16.9 Å². The maximum Gasteiger partial charge on any atom is 0.308 e. The fourth-order valence-corrected chi connectivity index (χ4v) is 4.79. The van der Waals surface area contributed by atoms with Crippen LogP contribution in [0.4, 0.5) is 4.39 Å². The molecule has 0 saturated carbocycles. The number of oxazole rings is 1. The Kier molecular flexibility index (Phi) is 7.54. The first-order valence-corrected chi connectivity index (χ1v) is 11.5. The van der Waals surface area contributed by atoms with Crippen molar-refractivity contribution in [2.45, 2.75) is 38.3 Å². The number of pyridine rings is 1. The molecule has 0 radical (unpaired) electrons. The zero-order chi connectivity index (χ0) is 23.2. The molecule has 4 rings (SSSR count). The topological polar surface area (TPSA) is 88.7 Å². The van der Waals surface area contributed by atoms with E-state index in [9.17, 15) is 9.90 Å². The van der Waals surface area contributed by atoms with Crippen molar-refractivity contribution in [1.29, 1.82) is 0 Å². The second-order valence-corrected chi connectivity index (χ2v) is 8.65. The van der Waals surface area contributed by atoms with Gasteiger partial charge in [0.2, 0.25) is 0 Å². The van der Waals surface area contributed by atoms with E-state index < -0.39 is 18.1 Å². The standard InChI is InChI=1S/C25H30FN3O4/c1-32-18-5-7-23-20(15-18)19(8-10-27-23)22(26)6-4-17-9-13-29(16-21(17)25(30)31)12-2-3-24-28-11-14-33-24/h5,7-8,10-11,14-15,17,21-22H,2-4,6,9,12-13,16H2,1H3,(H,30,31)/t17-,21+,22?/m1/s1. The third-order valence-corrected chi connectivity index (χ3v) is 6.62. The highest BCUT2D eigenvalue weighted by Gasteiger charge is 2.34. The number of methoxy groups -OCH3 is 1. The number of halogens is 1. The zero-order valence-electron chi connectivity index (χ0n) is 18.8. The maximum absolute atomic E-state index is 15.3. The molecule has 176 valence electrons. The number of nitrogens with zero attached hydrogens (tertiary/aromatic N) is 3. The highest BCUT2D eigenvalue weighted by molar-refractivity contribution is 5.83. The summed E-state index contributed by atoms with van der Waals surface area (Å²) in [6, 6.07) is 7.14. The van der Waals surface area contributed by atoms with Crippen molar-refractivity contribution < 1.29 is 23.4 Å². The molecule has 1 N–H and O–H groups in total. The first kappa shape index (κ1) is 23.2. The number of alkyl halides is 1. The number of piperidine rings is 1. The molecule has 0 aliphatic carbocycles. The Morgan fingerprint density at radius 1 is 1.33 bits per heavy atom. The first-order chi connectivity index (χ1) is 16.0. The molecule has 1 fully saturated rings. The monoisotopic (exact) mass is 455 g/mol. The van der Waals surface area contributed by atoms with Crippen LogP contribution in [0.5, 0.6) is 5.75 Å². The summed E-state index contributed by atoms with van der Waals surface area (Å²) < 4.78 is 25.9. The van der Waals surface area contributed by atoms with Crippen molar-refractivity contribution in [2.24, 2.45) is 11.8 Å². The van der Waals surface area contributed by atoms with E-state index in [4.69, 9.17) is 9.15 Å². The van der Waals surface area contributed by atoms with E-state index in [2.05, 4.69) is 14.9 Å². The third kappa shape index (κ3) is 5.68. The van der Waals surface area contributed by atoms with Crippen molar-refractivity contribution in [3.8, 4) is 5.75 Å². The third-order valence-electron chi connectivity index (χ3n) is 6.62. The van der Waals surface area contributed by atoms with E-state index in [0.717, 1.165) is 43.3 Å². The highest BCUT2D eigenvalue weighted by atomic mass is 19.1. The van der Waals surface area contributed by atoms with Crippen molar-refractivity contribution in [2.75, 3.05) is 26.7 Å². The summed E-state index contributed by atoms with van der Waals surface area (Å²) in [6.45, 7) is 2.12. The molecule has 0 spiro atoms. The highest BCUT2D eigenvalue weighted by Crippen LogP contribution is 2.35. The molecular formula is C25H30FN3O4. The number of rotatable bonds is 10. The predicted octanol–water partition coefficient (Wildman–Crippen LogP) is 4.68. The quantitative estimate of drug-likeness (QED) is 0.475. The van der Waals surface area contributed by atoms with Gasteiger partial charge in [-0.2, -0.15) is 0 Å². The van der Waals surface area contributed by atoms with Gasteiger partial charge in [0.25, 0.3) is 0 Å². The van der Waals surface area contributed by atoms with Gasteiger partial charge in [-0.25, -0.2) is 9.37 Å². The summed E-state index contributed by atoms with van der Waals surface area (Å²) in [6.07, 6.45) is 6.80. The van der Waals surface area contributed by atoms with Crippen LogP contribution in [0.3, 0.4) is 0 Å². The van der Waals surface area contributed by atoms with Gasteiger partial charge in [-0.15, -0.1) is 0 Å². The Balaban J connectivity index is 1.34. The second-order valence-electron chi connectivity index (χ2n) is 8.65. The Morgan fingerprint density at radius 3 is 2.97 bits per heavy atom. The Hall–Kier alpha value is -3.00. The van der Waals surface area contributed by atoms with Gasteiger partial charge in [0, 0.05) is 24.5 Å². The number of benzene rings is 1. The summed E-state index contributed by atoms with van der Waals surface area (Å²) in [5.41, 5.74) is 1.30. The molecule has 3 atom stereocenters. The second kappa shape index (κ2) is 10.7. The Bertz CT molecular complexity index is 1060. The molecule has 8 heteroatoms. The lowest BCUT2D eigenvalue weighted by atomic mass is 9.81. The van der Waals surface area contributed by atoms with Gasteiger partial charge in [-0.05, 0) is 74.5 Å². The van der Waals surface area contributed by atoms with Gasteiger partial charge in [-0.1, -0.05) is 0 Å². The minimum Gasteiger partial charge on any atom is -0.497 e. The number of fused-ring (bicyclic) bond motifs is 1. The van der Waals surface area contributed by atoms with Crippen LogP contribution in [0, 0.1) is 11.8 Å². The summed E-state index contributed by atoms with van der Waals surface area (Å²) in [4.78, 5) is 22.6. The lowest BCUT2D eigenvalue weighted by Crippen LogP contribution is -2.44. The predicted molar refractivity (Wildman–Crippen MR) is 122 cm³/mol. The van der Waals surface area contributed by atoms with Crippen LogP contribution in [0.25, 0.3) is 10.9 Å². The fraction of sp³-hybridized carbons (Fsp3) is 0.480. The number of hydrogen-bond acceptors (Lipinski definition) is 6. The molecule has 2 aromatic heterocycles. The largest absolute Gasteiger partial charge is 0.497 e. The number of carboxylic acids is 1. The molecule has 1 saturated heterocycles. The molecule has 1 aliphatic rings. The lowest BCUT2D eigenvalue weighted by molar-refractivity contribution is -0.146. The van der Waals surface area contributed by atoms with E-state index in [1.54, 1.807) is 37.9 Å². The lowest BCUT2D eigenvalue weighted by Gasteiger charge is -2.36. The van der Waals surface area contributed by atoms with Gasteiger partial charge in [0.05, 0.1) is 24.7 Å². The van der Waals surface area contributed by atoms with E-state index in [-0.39, 0.29) is 12.3 Å². The number of hydrogen-bond donors (Lipinski definition) is 1. The number of ether oxygens (including phenoxy) is 1. The maximum atomic E-state index is 15.3. The molecular weight excluding hydrogens is 425 g/mol. The molecule has 0 amide bonds. The summed E-state index contributed by atoms with van der Waals surface area (Å²) >= 11 is 0. The van der Waals surface area contributed by atoms with Gasteiger partial charge in [-0.3, -0.25) is 9.78 Å². The first-order valence-electron chi connectivity index (χ1n) is 11.5.